The molecule has 0 unspecified atom stereocenters. The molecule has 0 aliphatic heterocycles. The molecular weight excluding hydrogens is 385 g/mol. The minimum absolute atomic E-state index is 0. The van der Waals surface area contributed by atoms with Gasteiger partial charge in [0, 0.05) is 17.6 Å². The Morgan fingerprint density at radius 2 is 1.85 bits per heavy atom. The number of benzene rings is 1. The lowest BCUT2D eigenvalue weighted by Gasteiger charge is -2.12. The molecule has 0 saturated carbocycles. The molecule has 0 spiro atoms. The lowest BCUT2D eigenvalue weighted by molar-refractivity contribution is -0.137. The zero-order valence-electron chi connectivity index (χ0n) is 10.3. The first-order chi connectivity index (χ1) is 8.68. The van der Waals surface area contributed by atoms with Crippen LogP contribution in [0.4, 0.5) is 13.2 Å². The summed E-state index contributed by atoms with van der Waals surface area (Å²) >= 11 is 2.94. The van der Waals surface area contributed by atoms with Crippen molar-refractivity contribution in [2.24, 2.45) is 0 Å². The lowest BCUT2D eigenvalue weighted by Crippen LogP contribution is -2.30. The molecule has 0 fully saturated rings. The van der Waals surface area contributed by atoms with E-state index in [1.54, 1.807) is 7.05 Å². The van der Waals surface area contributed by atoms with Crippen LogP contribution in [0.25, 0.3) is 0 Å². The van der Waals surface area contributed by atoms with E-state index in [4.69, 9.17) is 0 Å². The quantitative estimate of drug-likeness (QED) is 0.750. The third-order valence-electron chi connectivity index (χ3n) is 2.22. The van der Waals surface area contributed by atoms with Crippen molar-refractivity contribution >= 4 is 38.4 Å². The van der Waals surface area contributed by atoms with Crippen molar-refractivity contribution in [1.29, 1.82) is 0 Å². The third kappa shape index (κ3) is 5.21. The smallest absolute Gasteiger partial charge is 0.318 e. The van der Waals surface area contributed by atoms with Gasteiger partial charge in [0.25, 0.3) is 0 Å². The first-order valence-electron chi connectivity index (χ1n) is 5.19. The van der Waals surface area contributed by atoms with Crippen LogP contribution in [0.15, 0.2) is 27.6 Å². The number of alkyl halides is 3. The number of sulfonamides is 1. The molecule has 0 atom stereocenters. The number of hydrogen-bond donors (Lipinski definition) is 2. The van der Waals surface area contributed by atoms with E-state index >= 15 is 0 Å². The van der Waals surface area contributed by atoms with Gasteiger partial charge in [-0.25, -0.2) is 13.1 Å². The highest BCUT2D eigenvalue weighted by molar-refractivity contribution is 9.10. The third-order valence-corrected chi connectivity index (χ3v) is 4.67. The van der Waals surface area contributed by atoms with Gasteiger partial charge in [-0.2, -0.15) is 13.2 Å². The van der Waals surface area contributed by atoms with Gasteiger partial charge >= 0.3 is 6.18 Å². The van der Waals surface area contributed by atoms with Crippen LogP contribution in [0.1, 0.15) is 5.56 Å². The molecule has 0 radical (unpaired) electrons. The topological polar surface area (TPSA) is 58.2 Å². The van der Waals surface area contributed by atoms with Crippen molar-refractivity contribution in [3.05, 3.63) is 28.2 Å². The average Bonchev–Trinajstić information content (AvgIpc) is 2.27. The number of hydrogen-bond acceptors (Lipinski definition) is 3. The second-order valence-corrected chi connectivity index (χ2v) is 6.23. The molecule has 1 aromatic rings. The van der Waals surface area contributed by atoms with Gasteiger partial charge in [-0.1, -0.05) is 0 Å². The fraction of sp³-hybridized carbons (Fsp3) is 0.400. The standard InChI is InChI=1S/C10H12BrF3N2O2S.ClH/c1-15-4-5-16-19(17,18)9-6-7(10(12,13)14)2-3-8(9)11;/h2-3,6,15-16H,4-5H2,1H3;1H. The predicted octanol–water partition coefficient (Wildman–Crippen LogP) is 2.39. The Bertz CT molecular complexity index is 552. The Morgan fingerprint density at radius 1 is 1.25 bits per heavy atom. The van der Waals surface area contributed by atoms with Gasteiger partial charge in [0.15, 0.2) is 0 Å². The summed E-state index contributed by atoms with van der Waals surface area (Å²) in [6.07, 6.45) is -4.59. The van der Waals surface area contributed by atoms with Gasteiger partial charge in [-0.05, 0) is 41.2 Å². The number of halogens is 5. The van der Waals surface area contributed by atoms with Gasteiger partial charge in [-0.15, -0.1) is 12.4 Å². The van der Waals surface area contributed by atoms with Crippen molar-refractivity contribution in [1.82, 2.24) is 10.0 Å². The van der Waals surface area contributed by atoms with Gasteiger partial charge in [0.2, 0.25) is 10.0 Å². The van der Waals surface area contributed by atoms with Gasteiger partial charge in [-0.3, -0.25) is 0 Å². The summed E-state index contributed by atoms with van der Waals surface area (Å²) in [5.41, 5.74) is -1.01. The van der Waals surface area contributed by atoms with Crippen molar-refractivity contribution < 1.29 is 21.6 Å². The minimum Gasteiger partial charge on any atom is -0.318 e. The molecule has 116 valence electrons. The van der Waals surface area contributed by atoms with Crippen molar-refractivity contribution in [2.45, 2.75) is 11.1 Å². The van der Waals surface area contributed by atoms with Crippen molar-refractivity contribution in [3.63, 3.8) is 0 Å². The molecule has 0 amide bonds. The fourth-order valence-corrected chi connectivity index (χ4v) is 3.29. The fourth-order valence-electron chi connectivity index (χ4n) is 1.27. The molecule has 0 bridgehead atoms. The van der Waals surface area contributed by atoms with E-state index in [0.29, 0.717) is 12.6 Å². The summed E-state index contributed by atoms with van der Waals surface area (Å²) in [4.78, 5) is -0.432. The number of nitrogens with one attached hydrogen (secondary N) is 2. The van der Waals surface area contributed by atoms with Crippen LogP contribution in [0.3, 0.4) is 0 Å². The van der Waals surface area contributed by atoms with Crippen LogP contribution in [0.2, 0.25) is 0 Å². The Kier molecular flexibility index (Phi) is 7.47. The second-order valence-electron chi connectivity index (χ2n) is 3.64. The average molecular weight is 398 g/mol. The maximum absolute atomic E-state index is 12.6. The molecule has 0 aromatic heterocycles. The lowest BCUT2D eigenvalue weighted by atomic mass is 10.2. The summed E-state index contributed by atoms with van der Waals surface area (Å²) in [5.74, 6) is 0. The zero-order chi connectivity index (χ0) is 14.7. The van der Waals surface area contributed by atoms with E-state index in [1.807, 2.05) is 0 Å². The summed E-state index contributed by atoms with van der Waals surface area (Å²) in [6, 6.07) is 2.48. The van der Waals surface area contributed by atoms with E-state index < -0.39 is 26.7 Å². The molecule has 0 aliphatic rings. The molecule has 2 N–H and O–H groups in total. The summed E-state index contributed by atoms with van der Waals surface area (Å²) in [6.45, 7) is 0.456. The Balaban J connectivity index is 0.00000361. The summed E-state index contributed by atoms with van der Waals surface area (Å²) in [5, 5.41) is 2.72. The normalized spacial score (nSPS) is 12.1. The molecule has 1 rings (SSSR count). The van der Waals surface area contributed by atoms with Crippen molar-refractivity contribution in [3.8, 4) is 0 Å². The molecule has 0 aliphatic carbocycles. The van der Waals surface area contributed by atoms with Crippen molar-refractivity contribution in [2.75, 3.05) is 20.1 Å². The van der Waals surface area contributed by atoms with Crippen LogP contribution in [0, 0.1) is 0 Å². The van der Waals surface area contributed by atoms with Gasteiger partial charge < -0.3 is 5.32 Å². The van der Waals surface area contributed by atoms with E-state index in [1.165, 1.54) is 0 Å². The Hall–Kier alpha value is -0.350. The molecule has 0 heterocycles. The molecule has 4 nitrogen and oxygen atoms in total. The zero-order valence-corrected chi connectivity index (χ0v) is 13.5. The second kappa shape index (κ2) is 7.60. The number of likely N-dealkylation sites (N-methyl/N-ethyl adjacent to an activating group) is 1. The molecular formula is C10H13BrClF3N2O2S. The highest BCUT2D eigenvalue weighted by Crippen LogP contribution is 2.33. The summed E-state index contributed by atoms with van der Waals surface area (Å²) in [7, 11) is -2.35. The number of rotatable bonds is 5. The maximum atomic E-state index is 12.6. The summed E-state index contributed by atoms with van der Waals surface area (Å²) < 4.78 is 63.7. The van der Waals surface area contributed by atoms with Gasteiger partial charge in [0.1, 0.15) is 0 Å². The minimum atomic E-state index is -4.59. The van der Waals surface area contributed by atoms with E-state index in [2.05, 4.69) is 26.0 Å². The van der Waals surface area contributed by atoms with Gasteiger partial charge in [0.05, 0.1) is 10.5 Å². The Labute approximate surface area is 129 Å². The van der Waals surface area contributed by atoms with Crippen LogP contribution >= 0.6 is 28.3 Å². The Morgan fingerprint density at radius 3 is 2.35 bits per heavy atom. The monoisotopic (exact) mass is 396 g/mol. The van der Waals surface area contributed by atoms with E-state index in [-0.39, 0.29) is 23.4 Å². The first-order valence-corrected chi connectivity index (χ1v) is 7.47. The SMILES string of the molecule is CNCCNS(=O)(=O)c1cc(C(F)(F)F)ccc1Br.Cl. The van der Waals surface area contributed by atoms with E-state index in [0.717, 1.165) is 12.1 Å². The maximum Gasteiger partial charge on any atom is 0.416 e. The molecule has 10 heteroatoms. The molecule has 1 aromatic carbocycles. The highest BCUT2D eigenvalue weighted by Gasteiger charge is 2.32. The highest BCUT2D eigenvalue weighted by atomic mass is 79.9. The molecule has 20 heavy (non-hydrogen) atoms. The van der Waals surface area contributed by atoms with Crippen LogP contribution in [-0.2, 0) is 16.2 Å². The van der Waals surface area contributed by atoms with Crippen LogP contribution < -0.4 is 10.0 Å². The molecule has 0 saturated heterocycles. The van der Waals surface area contributed by atoms with Crippen LogP contribution in [-0.4, -0.2) is 28.6 Å². The van der Waals surface area contributed by atoms with E-state index in [9.17, 15) is 21.6 Å². The predicted molar refractivity (Wildman–Crippen MR) is 75.5 cm³/mol. The first kappa shape index (κ1) is 19.7. The van der Waals surface area contributed by atoms with Crippen LogP contribution in [0.5, 0.6) is 0 Å². The largest absolute Gasteiger partial charge is 0.416 e.